The molecule has 0 aliphatic heterocycles. The molecular weight excluding hydrogens is 246 g/mol. The van der Waals surface area contributed by atoms with E-state index in [9.17, 15) is 0 Å². The molecule has 3 nitrogen and oxygen atoms in total. The number of rotatable bonds is 6. The quantitative estimate of drug-likeness (QED) is 0.860. The van der Waals surface area contributed by atoms with E-state index in [4.69, 9.17) is 5.73 Å². The minimum Gasteiger partial charge on any atom is -0.340 e. The Bertz CT molecular complexity index is 506. The molecule has 2 rings (SSSR count). The van der Waals surface area contributed by atoms with Crippen molar-refractivity contribution in [2.75, 3.05) is 11.4 Å². The van der Waals surface area contributed by atoms with Gasteiger partial charge < -0.3 is 10.6 Å². The lowest BCUT2D eigenvalue weighted by atomic mass is 10.2. The number of para-hydroxylation sites is 1. The first-order chi connectivity index (χ1) is 9.72. The van der Waals surface area contributed by atoms with Crippen molar-refractivity contribution in [3.05, 3.63) is 54.4 Å². The molecule has 2 aromatic rings. The van der Waals surface area contributed by atoms with E-state index in [-0.39, 0.29) is 6.04 Å². The molecule has 0 saturated heterocycles. The highest BCUT2D eigenvalue weighted by atomic mass is 15.1. The Morgan fingerprint density at radius 1 is 1.10 bits per heavy atom. The molecule has 0 aliphatic carbocycles. The van der Waals surface area contributed by atoms with Crippen LogP contribution in [0.25, 0.3) is 0 Å². The fourth-order valence-corrected chi connectivity index (χ4v) is 2.16. The summed E-state index contributed by atoms with van der Waals surface area (Å²) in [6, 6.07) is 14.5. The van der Waals surface area contributed by atoms with Crippen molar-refractivity contribution in [1.29, 1.82) is 0 Å². The molecular formula is C17H23N3. The van der Waals surface area contributed by atoms with Crippen LogP contribution in [0.5, 0.6) is 0 Å². The molecule has 0 unspecified atom stereocenters. The molecule has 0 aliphatic rings. The number of aromatic nitrogens is 1. The van der Waals surface area contributed by atoms with E-state index in [0.29, 0.717) is 0 Å². The second-order valence-corrected chi connectivity index (χ2v) is 5.07. The predicted octanol–water partition coefficient (Wildman–Crippen LogP) is 4.04. The Morgan fingerprint density at radius 2 is 1.85 bits per heavy atom. The molecule has 0 spiro atoms. The van der Waals surface area contributed by atoms with Gasteiger partial charge in [-0.05, 0) is 37.6 Å². The molecule has 20 heavy (non-hydrogen) atoms. The monoisotopic (exact) mass is 269 g/mol. The largest absolute Gasteiger partial charge is 0.340 e. The number of hydrogen-bond donors (Lipinski definition) is 1. The summed E-state index contributed by atoms with van der Waals surface area (Å²) in [5.74, 6) is 0. The van der Waals surface area contributed by atoms with E-state index in [1.807, 2.05) is 25.3 Å². The van der Waals surface area contributed by atoms with Crippen LogP contribution >= 0.6 is 0 Å². The topological polar surface area (TPSA) is 42.1 Å². The Balaban J connectivity index is 2.26. The van der Waals surface area contributed by atoms with Crippen LogP contribution in [-0.4, -0.2) is 11.5 Å². The third-order valence-electron chi connectivity index (χ3n) is 3.35. The lowest BCUT2D eigenvalue weighted by molar-refractivity contribution is 0.770. The number of benzene rings is 1. The van der Waals surface area contributed by atoms with Crippen molar-refractivity contribution < 1.29 is 0 Å². The van der Waals surface area contributed by atoms with Gasteiger partial charge in [-0.15, -0.1) is 0 Å². The van der Waals surface area contributed by atoms with Crippen molar-refractivity contribution in [1.82, 2.24) is 4.98 Å². The highest BCUT2D eigenvalue weighted by Gasteiger charge is 2.09. The Labute approximate surface area is 121 Å². The van der Waals surface area contributed by atoms with E-state index < -0.39 is 0 Å². The van der Waals surface area contributed by atoms with Crippen LogP contribution in [-0.2, 0) is 0 Å². The summed E-state index contributed by atoms with van der Waals surface area (Å²) < 4.78 is 0. The van der Waals surface area contributed by atoms with Gasteiger partial charge in [-0.25, -0.2) is 0 Å². The summed E-state index contributed by atoms with van der Waals surface area (Å²) in [5, 5.41) is 0. The Hall–Kier alpha value is -1.87. The van der Waals surface area contributed by atoms with Crippen molar-refractivity contribution in [2.45, 2.75) is 32.7 Å². The van der Waals surface area contributed by atoms with E-state index in [1.165, 1.54) is 12.1 Å². The maximum atomic E-state index is 5.86. The van der Waals surface area contributed by atoms with Crippen LogP contribution in [0.4, 0.5) is 11.4 Å². The fourth-order valence-electron chi connectivity index (χ4n) is 2.16. The first-order valence-corrected chi connectivity index (χ1v) is 7.26. The second kappa shape index (κ2) is 7.06. The summed E-state index contributed by atoms with van der Waals surface area (Å²) in [6.07, 6.45) is 4.25. The lowest BCUT2D eigenvalue weighted by Crippen LogP contribution is -2.19. The van der Waals surface area contributed by atoms with Gasteiger partial charge in [0.15, 0.2) is 0 Å². The van der Waals surface area contributed by atoms with Crippen LogP contribution in [0.3, 0.4) is 0 Å². The van der Waals surface area contributed by atoms with Gasteiger partial charge in [-0.2, -0.15) is 0 Å². The number of nitrogens with two attached hydrogens (primary N) is 1. The molecule has 106 valence electrons. The minimum absolute atomic E-state index is 0.0233. The van der Waals surface area contributed by atoms with Gasteiger partial charge in [0, 0.05) is 18.3 Å². The van der Waals surface area contributed by atoms with Gasteiger partial charge >= 0.3 is 0 Å². The lowest BCUT2D eigenvalue weighted by Gasteiger charge is -2.25. The number of hydrogen-bond acceptors (Lipinski definition) is 3. The Morgan fingerprint density at radius 3 is 2.40 bits per heavy atom. The molecule has 0 bridgehead atoms. The molecule has 1 atom stereocenters. The third-order valence-corrected chi connectivity index (χ3v) is 3.35. The molecule has 1 heterocycles. The average molecular weight is 269 g/mol. The van der Waals surface area contributed by atoms with Crippen LogP contribution in [0.15, 0.2) is 48.7 Å². The molecule has 0 amide bonds. The zero-order chi connectivity index (χ0) is 14.4. The molecule has 1 aromatic carbocycles. The first-order valence-electron chi connectivity index (χ1n) is 7.26. The van der Waals surface area contributed by atoms with Gasteiger partial charge in [0.1, 0.15) is 0 Å². The zero-order valence-electron chi connectivity index (χ0n) is 12.3. The highest BCUT2D eigenvalue weighted by Crippen LogP contribution is 2.25. The van der Waals surface area contributed by atoms with E-state index in [2.05, 4.69) is 47.1 Å². The molecule has 0 fully saturated rings. The van der Waals surface area contributed by atoms with Crippen molar-refractivity contribution in [2.24, 2.45) is 5.73 Å². The van der Waals surface area contributed by atoms with Crippen LogP contribution in [0.1, 0.15) is 38.4 Å². The molecule has 1 aromatic heterocycles. The van der Waals surface area contributed by atoms with Crippen LogP contribution in [0.2, 0.25) is 0 Å². The minimum atomic E-state index is -0.0233. The highest BCUT2D eigenvalue weighted by molar-refractivity contribution is 5.62. The SMILES string of the molecule is CCCCN(c1ccccc1)c1ccc([C@H](C)N)nc1. The summed E-state index contributed by atoms with van der Waals surface area (Å²) in [7, 11) is 0. The third kappa shape index (κ3) is 3.58. The summed E-state index contributed by atoms with van der Waals surface area (Å²) >= 11 is 0. The van der Waals surface area contributed by atoms with Gasteiger partial charge in [0.25, 0.3) is 0 Å². The number of nitrogens with zero attached hydrogens (tertiary/aromatic N) is 2. The van der Waals surface area contributed by atoms with Crippen molar-refractivity contribution in [3.8, 4) is 0 Å². The molecule has 0 radical (unpaired) electrons. The van der Waals surface area contributed by atoms with Crippen LogP contribution in [0, 0.1) is 0 Å². The standard InChI is InChI=1S/C17H23N3/c1-3-4-12-20(15-8-6-5-7-9-15)16-10-11-17(14(2)18)19-13-16/h5-11,13-14H,3-4,12,18H2,1-2H3/t14-/m0/s1. The fraction of sp³-hybridized carbons (Fsp3) is 0.353. The molecule has 2 N–H and O–H groups in total. The second-order valence-electron chi connectivity index (χ2n) is 5.07. The van der Waals surface area contributed by atoms with Crippen molar-refractivity contribution in [3.63, 3.8) is 0 Å². The van der Waals surface area contributed by atoms with Gasteiger partial charge in [0.2, 0.25) is 0 Å². The van der Waals surface area contributed by atoms with E-state index in [0.717, 1.165) is 24.3 Å². The van der Waals surface area contributed by atoms with Gasteiger partial charge in [-0.3, -0.25) is 4.98 Å². The average Bonchev–Trinajstić information content (AvgIpc) is 2.49. The number of unbranched alkanes of at least 4 members (excludes halogenated alkanes) is 1. The zero-order valence-corrected chi connectivity index (χ0v) is 12.3. The predicted molar refractivity (Wildman–Crippen MR) is 85.2 cm³/mol. The van der Waals surface area contributed by atoms with Gasteiger partial charge in [-0.1, -0.05) is 31.5 Å². The smallest absolute Gasteiger partial charge is 0.0597 e. The number of anilines is 2. The number of pyridine rings is 1. The van der Waals surface area contributed by atoms with Crippen LogP contribution < -0.4 is 10.6 Å². The van der Waals surface area contributed by atoms with Gasteiger partial charge in [0.05, 0.1) is 17.6 Å². The summed E-state index contributed by atoms with van der Waals surface area (Å²) in [6.45, 7) is 5.16. The van der Waals surface area contributed by atoms with E-state index in [1.54, 1.807) is 0 Å². The van der Waals surface area contributed by atoms with E-state index >= 15 is 0 Å². The summed E-state index contributed by atoms with van der Waals surface area (Å²) in [4.78, 5) is 6.77. The maximum Gasteiger partial charge on any atom is 0.0597 e. The normalized spacial score (nSPS) is 12.2. The maximum absolute atomic E-state index is 5.86. The first kappa shape index (κ1) is 14.5. The molecule has 0 saturated carbocycles. The Kier molecular flexibility index (Phi) is 5.13. The molecule has 3 heteroatoms. The van der Waals surface area contributed by atoms with Crippen molar-refractivity contribution >= 4 is 11.4 Å². The summed E-state index contributed by atoms with van der Waals surface area (Å²) in [5.41, 5.74) is 9.11.